The average molecular weight is 501 g/mol. The van der Waals surface area contributed by atoms with Crippen LogP contribution >= 0.6 is 11.6 Å². The number of fused-ring (bicyclic) bond motifs is 3. The van der Waals surface area contributed by atoms with Gasteiger partial charge >= 0.3 is 12.1 Å². The topological polar surface area (TPSA) is 102 Å². The number of carboxylic acid groups (broad SMARTS) is 1. The SMILES string of the molecule is CC(OC(=O)Nc1cnoc1-c1ccc2c(ccc3cc(CC(=O)O)ccc32)c1)c1ccccc1Cl. The number of carboxylic acids is 1. The molecule has 0 bridgehead atoms. The number of benzene rings is 4. The number of hydrogen-bond donors (Lipinski definition) is 2. The van der Waals surface area contributed by atoms with E-state index in [1.54, 1.807) is 19.1 Å². The predicted octanol–water partition coefficient (Wildman–Crippen LogP) is 7.24. The van der Waals surface area contributed by atoms with Crippen LogP contribution in [-0.2, 0) is 16.0 Å². The van der Waals surface area contributed by atoms with Crippen LogP contribution in [0.3, 0.4) is 0 Å². The highest BCUT2D eigenvalue weighted by molar-refractivity contribution is 6.31. The maximum atomic E-state index is 12.6. The molecule has 0 spiro atoms. The summed E-state index contributed by atoms with van der Waals surface area (Å²) in [5.41, 5.74) is 2.57. The van der Waals surface area contributed by atoms with E-state index < -0.39 is 18.2 Å². The average Bonchev–Trinajstić information content (AvgIpc) is 3.31. The first-order valence-electron chi connectivity index (χ1n) is 11.2. The van der Waals surface area contributed by atoms with Gasteiger partial charge in [-0.2, -0.15) is 0 Å². The second-order valence-corrected chi connectivity index (χ2v) is 8.80. The van der Waals surface area contributed by atoms with Gasteiger partial charge in [-0.25, -0.2) is 4.79 Å². The van der Waals surface area contributed by atoms with Gasteiger partial charge in [0, 0.05) is 16.1 Å². The molecule has 36 heavy (non-hydrogen) atoms. The third kappa shape index (κ3) is 4.74. The third-order valence-corrected chi connectivity index (χ3v) is 6.30. The molecule has 0 saturated carbocycles. The van der Waals surface area contributed by atoms with E-state index in [0.717, 1.165) is 32.7 Å². The third-order valence-electron chi connectivity index (χ3n) is 5.95. The minimum absolute atomic E-state index is 0.0201. The summed E-state index contributed by atoms with van der Waals surface area (Å²) in [5, 5.41) is 20.1. The lowest BCUT2D eigenvalue weighted by atomic mass is 9.97. The molecule has 0 fully saturated rings. The molecule has 180 valence electrons. The Kier molecular flexibility index (Phi) is 6.31. The van der Waals surface area contributed by atoms with Gasteiger partial charge in [-0.05, 0) is 46.2 Å². The minimum atomic E-state index is -0.863. The van der Waals surface area contributed by atoms with Crippen molar-refractivity contribution in [1.29, 1.82) is 0 Å². The van der Waals surface area contributed by atoms with Gasteiger partial charge in [0.2, 0.25) is 0 Å². The Balaban J connectivity index is 1.38. The van der Waals surface area contributed by atoms with E-state index in [0.29, 0.717) is 22.0 Å². The highest BCUT2D eigenvalue weighted by Crippen LogP contribution is 2.34. The fourth-order valence-corrected chi connectivity index (χ4v) is 4.54. The van der Waals surface area contributed by atoms with Gasteiger partial charge in [0.15, 0.2) is 5.76 Å². The molecule has 0 saturated heterocycles. The van der Waals surface area contributed by atoms with E-state index in [-0.39, 0.29) is 6.42 Å². The zero-order valence-corrected chi connectivity index (χ0v) is 20.0. The number of aromatic nitrogens is 1. The van der Waals surface area contributed by atoms with Crippen LogP contribution in [0.2, 0.25) is 5.02 Å². The summed E-state index contributed by atoms with van der Waals surface area (Å²) in [6.45, 7) is 1.74. The summed E-state index contributed by atoms with van der Waals surface area (Å²) in [5.74, 6) is -0.463. The molecule has 1 atom stereocenters. The quantitative estimate of drug-likeness (QED) is 0.238. The lowest BCUT2D eigenvalue weighted by Gasteiger charge is -2.15. The number of carbonyl (C=O) groups is 2. The Labute approximate surface area is 211 Å². The summed E-state index contributed by atoms with van der Waals surface area (Å²) in [4.78, 5) is 23.6. The number of ether oxygens (including phenoxy) is 1. The van der Waals surface area contributed by atoms with Crippen molar-refractivity contribution in [2.45, 2.75) is 19.4 Å². The molecule has 5 rings (SSSR count). The number of hydrogen-bond acceptors (Lipinski definition) is 5. The number of nitrogens with one attached hydrogen (secondary N) is 1. The van der Waals surface area contributed by atoms with Crippen molar-refractivity contribution >= 4 is 50.9 Å². The molecule has 1 unspecified atom stereocenters. The number of carbonyl (C=O) groups excluding carboxylic acids is 1. The van der Waals surface area contributed by atoms with Crippen LogP contribution in [0.15, 0.2) is 83.5 Å². The van der Waals surface area contributed by atoms with Crippen LogP contribution in [0.1, 0.15) is 24.2 Å². The summed E-state index contributed by atoms with van der Waals surface area (Å²) >= 11 is 6.20. The molecule has 1 aromatic heterocycles. The molecule has 0 radical (unpaired) electrons. The molecule has 0 aliphatic heterocycles. The fourth-order valence-electron chi connectivity index (χ4n) is 4.25. The number of halogens is 1. The van der Waals surface area contributed by atoms with Crippen LogP contribution in [0.4, 0.5) is 10.5 Å². The van der Waals surface area contributed by atoms with E-state index in [2.05, 4.69) is 10.5 Å². The van der Waals surface area contributed by atoms with Gasteiger partial charge in [0.1, 0.15) is 11.8 Å². The van der Waals surface area contributed by atoms with Crippen molar-refractivity contribution in [3.63, 3.8) is 0 Å². The smallest absolute Gasteiger partial charge is 0.412 e. The lowest BCUT2D eigenvalue weighted by molar-refractivity contribution is -0.136. The number of rotatable bonds is 6. The van der Waals surface area contributed by atoms with Crippen LogP contribution in [0.25, 0.3) is 32.9 Å². The van der Waals surface area contributed by atoms with Crippen molar-refractivity contribution in [3.8, 4) is 11.3 Å². The first kappa shape index (κ1) is 23.4. The highest BCUT2D eigenvalue weighted by atomic mass is 35.5. The standard InChI is InChI=1S/C28H21ClN2O5/c1-16(21-4-2-3-5-24(21)29)35-28(34)31-25-15-30-36-27(25)20-9-11-23-19(14-20)8-7-18-12-17(13-26(32)33)6-10-22(18)23/h2-12,14-16H,13H2,1H3,(H,31,34)(H,32,33). The van der Waals surface area contributed by atoms with E-state index in [4.69, 9.17) is 26.0 Å². The van der Waals surface area contributed by atoms with Crippen molar-refractivity contribution < 1.29 is 24.0 Å². The zero-order chi connectivity index (χ0) is 25.2. The molecule has 1 heterocycles. The number of amides is 1. The van der Waals surface area contributed by atoms with E-state index in [1.807, 2.05) is 60.7 Å². The van der Waals surface area contributed by atoms with Gasteiger partial charge in [-0.1, -0.05) is 77.4 Å². The first-order valence-corrected chi connectivity index (χ1v) is 11.6. The second kappa shape index (κ2) is 9.71. The Morgan fingerprint density at radius 2 is 1.75 bits per heavy atom. The minimum Gasteiger partial charge on any atom is -0.481 e. The molecule has 0 aliphatic carbocycles. The Bertz CT molecular complexity index is 1610. The monoisotopic (exact) mass is 500 g/mol. The van der Waals surface area contributed by atoms with E-state index in [1.165, 1.54) is 6.20 Å². The number of nitrogens with zero attached hydrogens (tertiary/aromatic N) is 1. The van der Waals surface area contributed by atoms with Crippen molar-refractivity contribution in [1.82, 2.24) is 5.16 Å². The molecule has 8 heteroatoms. The summed E-state index contributed by atoms with van der Waals surface area (Å²) in [7, 11) is 0. The van der Waals surface area contributed by atoms with Crippen LogP contribution in [0, 0.1) is 0 Å². The Morgan fingerprint density at radius 1 is 1.03 bits per heavy atom. The molecule has 7 nitrogen and oxygen atoms in total. The maximum absolute atomic E-state index is 12.6. The lowest BCUT2D eigenvalue weighted by Crippen LogP contribution is -2.16. The van der Waals surface area contributed by atoms with Gasteiger partial charge < -0.3 is 14.4 Å². The molecular formula is C28H21ClN2O5. The van der Waals surface area contributed by atoms with Crippen LogP contribution in [0.5, 0.6) is 0 Å². The maximum Gasteiger partial charge on any atom is 0.412 e. The molecule has 0 aliphatic rings. The molecule has 5 aromatic rings. The van der Waals surface area contributed by atoms with Crippen LogP contribution < -0.4 is 5.32 Å². The van der Waals surface area contributed by atoms with Crippen LogP contribution in [-0.4, -0.2) is 22.3 Å². The number of aliphatic carboxylic acids is 1. The van der Waals surface area contributed by atoms with E-state index >= 15 is 0 Å². The normalized spacial score (nSPS) is 11.9. The van der Waals surface area contributed by atoms with E-state index in [9.17, 15) is 9.59 Å². The molecule has 2 N–H and O–H groups in total. The Morgan fingerprint density at radius 3 is 2.50 bits per heavy atom. The second-order valence-electron chi connectivity index (χ2n) is 8.39. The summed E-state index contributed by atoms with van der Waals surface area (Å²) in [6, 6.07) is 22.6. The first-order chi connectivity index (χ1) is 17.4. The van der Waals surface area contributed by atoms with Gasteiger partial charge in [-0.3, -0.25) is 10.1 Å². The molecular weight excluding hydrogens is 480 g/mol. The fraction of sp³-hybridized carbons (Fsp3) is 0.107. The summed E-state index contributed by atoms with van der Waals surface area (Å²) in [6.07, 6.45) is 0.196. The largest absolute Gasteiger partial charge is 0.481 e. The van der Waals surface area contributed by atoms with Gasteiger partial charge in [0.25, 0.3) is 0 Å². The van der Waals surface area contributed by atoms with Gasteiger partial charge in [0.05, 0.1) is 12.6 Å². The van der Waals surface area contributed by atoms with Crippen molar-refractivity contribution in [3.05, 3.63) is 95.1 Å². The molecule has 1 amide bonds. The Hall–Kier alpha value is -4.36. The van der Waals surface area contributed by atoms with Crippen molar-refractivity contribution in [2.24, 2.45) is 0 Å². The highest BCUT2D eigenvalue weighted by Gasteiger charge is 2.18. The summed E-state index contributed by atoms with van der Waals surface area (Å²) < 4.78 is 10.9. The van der Waals surface area contributed by atoms with Crippen molar-refractivity contribution in [2.75, 3.05) is 5.32 Å². The molecule has 4 aromatic carbocycles. The number of anilines is 1. The zero-order valence-electron chi connectivity index (χ0n) is 19.2. The predicted molar refractivity (Wildman–Crippen MR) is 138 cm³/mol. The van der Waals surface area contributed by atoms with Gasteiger partial charge in [-0.15, -0.1) is 0 Å².